The Morgan fingerprint density at radius 1 is 1.17 bits per heavy atom. The summed E-state index contributed by atoms with van der Waals surface area (Å²) in [4.78, 5) is 25.2. The molecule has 0 atom stereocenters. The van der Waals surface area contributed by atoms with E-state index in [-0.39, 0.29) is 46.5 Å². The van der Waals surface area contributed by atoms with Crippen molar-refractivity contribution in [3.8, 4) is 10.4 Å². The summed E-state index contributed by atoms with van der Waals surface area (Å²) in [6.45, 7) is 0.570. The maximum Gasteiger partial charge on any atom is 1.00 e. The molecule has 3 heterocycles. The molecule has 1 saturated heterocycles. The molecule has 0 aliphatic carbocycles. The van der Waals surface area contributed by atoms with Gasteiger partial charge in [0.05, 0.1) is 0 Å². The maximum atomic E-state index is 11.6. The van der Waals surface area contributed by atoms with E-state index in [4.69, 9.17) is 12.2 Å². The van der Waals surface area contributed by atoms with Crippen LogP contribution in [0.15, 0.2) is 36.0 Å². The second kappa shape index (κ2) is 6.78. The Balaban J connectivity index is 0.00000169. The van der Waals surface area contributed by atoms with Crippen LogP contribution in [0.3, 0.4) is 0 Å². The van der Waals surface area contributed by atoms with Crippen LogP contribution in [0.4, 0.5) is 0 Å². The average molecular weight is 363 g/mol. The maximum absolute atomic E-state index is 11.6. The molecule has 2 aliphatic rings. The topological polar surface area (TPSA) is 72.3 Å². The minimum Gasteiger partial charge on any atom is -0.424 e. The molecule has 2 N–H and O–H groups in total. The Hall–Kier alpha value is -1.51. The van der Waals surface area contributed by atoms with Gasteiger partial charge >= 0.3 is 29.6 Å². The Morgan fingerprint density at radius 3 is 2.75 bits per heavy atom. The third-order valence-corrected chi connectivity index (χ3v) is 4.93. The van der Waals surface area contributed by atoms with E-state index in [0.29, 0.717) is 12.2 Å². The van der Waals surface area contributed by atoms with Crippen molar-refractivity contribution in [1.82, 2.24) is 10.6 Å². The van der Waals surface area contributed by atoms with Gasteiger partial charge in [0.2, 0.25) is 0 Å². The summed E-state index contributed by atoms with van der Waals surface area (Å²) >= 11 is 6.41. The minimum atomic E-state index is -0.271. The third kappa shape index (κ3) is 3.18. The predicted molar refractivity (Wildman–Crippen MR) is 93.0 cm³/mol. The Labute approximate surface area is 169 Å². The molecular formula is C16H10N3NaO2S2. The van der Waals surface area contributed by atoms with Crippen LogP contribution in [0.1, 0.15) is 20.8 Å². The Kier molecular flexibility index (Phi) is 4.89. The molecule has 8 heteroatoms. The van der Waals surface area contributed by atoms with Crippen LogP contribution >= 0.6 is 23.6 Å². The van der Waals surface area contributed by atoms with Gasteiger partial charge < -0.3 is 16.0 Å². The summed E-state index contributed by atoms with van der Waals surface area (Å²) < 4.78 is 0. The molecule has 1 aromatic carbocycles. The van der Waals surface area contributed by atoms with Crippen molar-refractivity contribution in [1.29, 1.82) is 0 Å². The molecule has 5 nitrogen and oxygen atoms in total. The first kappa shape index (κ1) is 17.3. The van der Waals surface area contributed by atoms with Crippen molar-refractivity contribution in [2.24, 2.45) is 0 Å². The number of benzene rings is 1. The van der Waals surface area contributed by atoms with Crippen LogP contribution in [-0.2, 0) is 11.3 Å². The van der Waals surface area contributed by atoms with Crippen molar-refractivity contribution in [2.75, 3.05) is 0 Å². The van der Waals surface area contributed by atoms with Gasteiger partial charge in [0, 0.05) is 32.7 Å². The number of nitrogens with zero attached hydrogens (tertiary/aromatic N) is 1. The third-order valence-electron chi connectivity index (χ3n) is 3.65. The van der Waals surface area contributed by atoms with E-state index in [1.165, 1.54) is 0 Å². The average Bonchev–Trinajstić information content (AvgIpc) is 3.21. The Morgan fingerprint density at radius 2 is 2.00 bits per heavy atom. The summed E-state index contributed by atoms with van der Waals surface area (Å²) in [5.41, 5.74) is 3.13. The van der Waals surface area contributed by atoms with Crippen molar-refractivity contribution in [2.45, 2.75) is 6.54 Å². The Bertz CT molecular complexity index is 904. The molecule has 0 radical (unpaired) electrons. The number of hydrogen-bond acceptors (Lipinski definition) is 4. The first-order valence-electron chi connectivity index (χ1n) is 6.90. The fraction of sp³-hybridized carbons (Fsp3) is 0.0625. The van der Waals surface area contributed by atoms with Crippen LogP contribution in [-0.4, -0.2) is 16.9 Å². The number of amides is 2. The molecule has 0 spiro atoms. The van der Waals surface area contributed by atoms with Crippen molar-refractivity contribution in [3.05, 3.63) is 57.3 Å². The van der Waals surface area contributed by atoms with E-state index < -0.39 is 0 Å². The molecule has 0 saturated carbocycles. The molecule has 0 bridgehead atoms. The first-order chi connectivity index (χ1) is 11.1. The summed E-state index contributed by atoms with van der Waals surface area (Å²) in [6, 6.07) is 9.75. The summed E-state index contributed by atoms with van der Waals surface area (Å²) in [7, 11) is 0. The van der Waals surface area contributed by atoms with E-state index in [2.05, 4.69) is 16.0 Å². The number of hydrogen-bond donors (Lipinski definition) is 2. The fourth-order valence-corrected chi connectivity index (χ4v) is 3.69. The van der Waals surface area contributed by atoms with Crippen molar-refractivity contribution >= 4 is 46.6 Å². The molecule has 1 aromatic heterocycles. The normalized spacial score (nSPS) is 17.2. The number of fused-ring (bicyclic) bond motifs is 1. The van der Waals surface area contributed by atoms with Gasteiger partial charge in [-0.05, 0) is 41.5 Å². The first-order valence-corrected chi connectivity index (χ1v) is 8.13. The van der Waals surface area contributed by atoms with Crippen LogP contribution in [0.2, 0.25) is 0 Å². The number of carbonyl (C=O) groups is 2. The van der Waals surface area contributed by atoms with Gasteiger partial charge in [0.15, 0.2) is 5.91 Å². The van der Waals surface area contributed by atoms with Gasteiger partial charge in [-0.3, -0.25) is 9.59 Å². The standard InChI is InChI=1S/C16H11N3O2S2.Na/c20-14-11-3-1-8(5-9(11)7-17-14)13-4-2-10(23-13)6-12-15(21)19-16(22)18-12;/h1-6H,7H2,(H3,17,18,19,20,21,22);/q;+1/p-1. The van der Waals surface area contributed by atoms with Crippen molar-refractivity contribution in [3.63, 3.8) is 0 Å². The SMILES string of the molecule is O=C1NC(=S)[N-]/C1=C/c1ccc(-c2ccc3c(c2)CNC3=O)s1.[Na+]. The quantitative estimate of drug-likeness (QED) is 0.441. The van der Waals surface area contributed by atoms with E-state index in [0.717, 1.165) is 26.4 Å². The van der Waals surface area contributed by atoms with E-state index >= 15 is 0 Å². The second-order valence-corrected chi connectivity index (χ2v) is 6.66. The molecular weight excluding hydrogens is 353 g/mol. The monoisotopic (exact) mass is 363 g/mol. The molecule has 114 valence electrons. The summed E-state index contributed by atoms with van der Waals surface area (Å²) in [5, 5.41) is 9.49. The molecule has 1 fully saturated rings. The predicted octanol–water partition coefficient (Wildman–Crippen LogP) is -0.208. The van der Waals surface area contributed by atoms with E-state index in [9.17, 15) is 9.59 Å². The zero-order valence-corrected chi connectivity index (χ0v) is 16.4. The molecule has 2 aromatic rings. The summed E-state index contributed by atoms with van der Waals surface area (Å²) in [5.74, 6) is -0.292. The zero-order valence-electron chi connectivity index (χ0n) is 12.8. The van der Waals surface area contributed by atoms with Gasteiger partial charge in [-0.2, -0.15) is 0 Å². The molecule has 2 aliphatic heterocycles. The molecule has 0 unspecified atom stereocenters. The number of carbonyl (C=O) groups excluding carboxylic acids is 2. The van der Waals surface area contributed by atoms with Gasteiger partial charge in [-0.25, -0.2) is 0 Å². The zero-order chi connectivity index (χ0) is 16.0. The van der Waals surface area contributed by atoms with Gasteiger partial charge in [0.25, 0.3) is 5.91 Å². The number of nitrogens with one attached hydrogen (secondary N) is 2. The van der Waals surface area contributed by atoms with Gasteiger partial charge in [-0.1, -0.05) is 18.3 Å². The van der Waals surface area contributed by atoms with Crippen LogP contribution in [0, 0.1) is 0 Å². The largest absolute Gasteiger partial charge is 1.00 e. The van der Waals surface area contributed by atoms with Crippen LogP contribution in [0.5, 0.6) is 0 Å². The van der Waals surface area contributed by atoms with Crippen LogP contribution < -0.4 is 40.2 Å². The molecule has 2 amide bonds. The molecule has 4 rings (SSSR count). The second-order valence-electron chi connectivity index (χ2n) is 5.16. The van der Waals surface area contributed by atoms with Crippen LogP contribution in [0.25, 0.3) is 21.8 Å². The van der Waals surface area contributed by atoms with E-state index in [1.54, 1.807) is 17.4 Å². The smallest absolute Gasteiger partial charge is 0.424 e. The van der Waals surface area contributed by atoms with E-state index in [1.807, 2.05) is 30.3 Å². The number of rotatable bonds is 2. The minimum absolute atomic E-state index is 0. The van der Waals surface area contributed by atoms with Gasteiger partial charge in [-0.15, -0.1) is 11.3 Å². The fourth-order valence-electron chi connectivity index (χ4n) is 2.55. The summed E-state index contributed by atoms with van der Waals surface area (Å²) in [6.07, 6.45) is 1.72. The van der Waals surface area contributed by atoms with Crippen molar-refractivity contribution < 1.29 is 39.1 Å². The number of thiocarbonyl (C=S) groups is 1. The van der Waals surface area contributed by atoms with Gasteiger partial charge in [0.1, 0.15) is 0 Å². The molecule has 24 heavy (non-hydrogen) atoms. The number of thiophene rings is 1.